The van der Waals surface area contributed by atoms with E-state index in [-0.39, 0.29) is 0 Å². The summed E-state index contributed by atoms with van der Waals surface area (Å²) in [6.45, 7) is 2.97. The molecule has 5 nitrogen and oxygen atoms in total. The highest BCUT2D eigenvalue weighted by Crippen LogP contribution is 2.31. The number of rotatable bonds is 6. The number of hydrogen-bond acceptors (Lipinski definition) is 4. The van der Waals surface area contributed by atoms with E-state index in [4.69, 9.17) is 21.1 Å². The van der Waals surface area contributed by atoms with Crippen LogP contribution in [0.5, 0.6) is 5.75 Å². The Morgan fingerprint density at radius 3 is 2.81 bits per heavy atom. The minimum Gasteiger partial charge on any atom is -0.496 e. The lowest BCUT2D eigenvalue weighted by molar-refractivity contribution is 0.171. The van der Waals surface area contributed by atoms with Crippen LogP contribution in [-0.2, 0) is 11.3 Å². The molecule has 1 heterocycles. The van der Waals surface area contributed by atoms with Gasteiger partial charge >= 0.3 is 0 Å². The summed E-state index contributed by atoms with van der Waals surface area (Å²) in [5.41, 5.74) is 2.27. The van der Waals surface area contributed by atoms with Crippen LogP contribution >= 0.6 is 11.6 Å². The quantitative estimate of drug-likeness (QED) is 0.891. The first-order chi connectivity index (χ1) is 10.1. The van der Waals surface area contributed by atoms with Gasteiger partial charge in [0.1, 0.15) is 11.9 Å². The predicted octanol–water partition coefficient (Wildman–Crippen LogP) is 2.58. The predicted molar refractivity (Wildman–Crippen MR) is 80.9 cm³/mol. The van der Waals surface area contributed by atoms with Gasteiger partial charge in [0.25, 0.3) is 0 Å². The molecule has 0 spiro atoms. The van der Waals surface area contributed by atoms with Crippen LogP contribution in [0.3, 0.4) is 0 Å². The molecule has 0 saturated carbocycles. The van der Waals surface area contributed by atoms with E-state index in [1.807, 2.05) is 25.1 Å². The van der Waals surface area contributed by atoms with Crippen molar-refractivity contribution in [3.05, 3.63) is 46.2 Å². The molecule has 1 aromatic heterocycles. The average Bonchev–Trinajstić information content (AvgIpc) is 2.85. The number of aryl methyl sites for hydroxylation is 1. The Hall–Kier alpha value is -1.56. The normalized spacial score (nSPS) is 12.4. The maximum atomic E-state index is 10.6. The van der Waals surface area contributed by atoms with Gasteiger partial charge < -0.3 is 14.6 Å². The van der Waals surface area contributed by atoms with Crippen molar-refractivity contribution in [1.82, 2.24) is 9.78 Å². The summed E-state index contributed by atoms with van der Waals surface area (Å²) in [4.78, 5) is 0. The van der Waals surface area contributed by atoms with Crippen LogP contribution in [0.25, 0.3) is 0 Å². The number of hydrogen-bond donors (Lipinski definition) is 1. The number of methoxy groups -OCH3 is 2. The van der Waals surface area contributed by atoms with Crippen molar-refractivity contribution in [2.75, 3.05) is 20.8 Å². The van der Waals surface area contributed by atoms with Crippen molar-refractivity contribution in [2.45, 2.75) is 19.6 Å². The SMILES string of the molecule is COCCn1ncc(Cl)c1C(O)c1ccc(C)c(OC)c1. The molecule has 1 atom stereocenters. The van der Waals surface area contributed by atoms with Crippen LogP contribution in [0, 0.1) is 6.92 Å². The molecule has 1 unspecified atom stereocenters. The van der Waals surface area contributed by atoms with E-state index < -0.39 is 6.10 Å². The summed E-state index contributed by atoms with van der Waals surface area (Å²) in [6, 6.07) is 5.57. The van der Waals surface area contributed by atoms with Gasteiger partial charge in [0.15, 0.2) is 0 Å². The maximum absolute atomic E-state index is 10.6. The molecule has 1 N–H and O–H groups in total. The Bertz CT molecular complexity index is 613. The van der Waals surface area contributed by atoms with Crippen molar-refractivity contribution in [3.8, 4) is 5.75 Å². The fourth-order valence-electron chi connectivity index (χ4n) is 2.16. The summed E-state index contributed by atoms with van der Waals surface area (Å²) in [7, 11) is 3.22. The van der Waals surface area contributed by atoms with Crippen molar-refractivity contribution in [1.29, 1.82) is 0 Å². The van der Waals surface area contributed by atoms with Gasteiger partial charge in [-0.2, -0.15) is 5.10 Å². The fraction of sp³-hybridized carbons (Fsp3) is 0.400. The van der Waals surface area contributed by atoms with Crippen LogP contribution in [0.2, 0.25) is 5.02 Å². The molecular weight excluding hydrogens is 292 g/mol. The Labute approximate surface area is 129 Å². The smallest absolute Gasteiger partial charge is 0.122 e. The van der Waals surface area contributed by atoms with Gasteiger partial charge in [-0.3, -0.25) is 4.68 Å². The second-order valence-electron chi connectivity index (χ2n) is 4.73. The lowest BCUT2D eigenvalue weighted by atomic mass is 10.0. The third kappa shape index (κ3) is 3.37. The van der Waals surface area contributed by atoms with Gasteiger partial charge in [0, 0.05) is 7.11 Å². The van der Waals surface area contributed by atoms with Gasteiger partial charge in [-0.05, 0) is 24.1 Å². The van der Waals surface area contributed by atoms with Crippen LogP contribution < -0.4 is 4.74 Å². The van der Waals surface area contributed by atoms with E-state index in [9.17, 15) is 5.11 Å². The Morgan fingerprint density at radius 2 is 2.14 bits per heavy atom. The molecule has 6 heteroatoms. The molecule has 0 fully saturated rings. The number of aliphatic hydroxyl groups is 1. The second kappa shape index (κ2) is 6.93. The first-order valence-electron chi connectivity index (χ1n) is 6.61. The Balaban J connectivity index is 2.35. The number of halogens is 1. The van der Waals surface area contributed by atoms with E-state index in [0.717, 1.165) is 11.3 Å². The molecule has 0 aliphatic heterocycles. The first-order valence-corrected chi connectivity index (χ1v) is 6.99. The standard InChI is InChI=1S/C15H19ClN2O3/c1-10-4-5-11(8-13(10)21-3)15(19)14-12(16)9-17-18(14)6-7-20-2/h4-5,8-9,15,19H,6-7H2,1-3H3. The summed E-state index contributed by atoms with van der Waals surface area (Å²) < 4.78 is 12.0. The molecule has 0 saturated heterocycles. The first kappa shape index (κ1) is 15.8. The van der Waals surface area contributed by atoms with Crippen molar-refractivity contribution < 1.29 is 14.6 Å². The lowest BCUT2D eigenvalue weighted by Gasteiger charge is -2.16. The fourth-order valence-corrected chi connectivity index (χ4v) is 2.41. The second-order valence-corrected chi connectivity index (χ2v) is 5.13. The van der Waals surface area contributed by atoms with E-state index in [2.05, 4.69) is 5.10 Å². The number of benzene rings is 1. The van der Waals surface area contributed by atoms with Crippen molar-refractivity contribution in [3.63, 3.8) is 0 Å². The number of aliphatic hydroxyl groups excluding tert-OH is 1. The molecule has 0 radical (unpaired) electrons. The van der Waals surface area contributed by atoms with Crippen molar-refractivity contribution in [2.24, 2.45) is 0 Å². The zero-order valence-corrected chi connectivity index (χ0v) is 13.1. The molecule has 0 aliphatic carbocycles. The summed E-state index contributed by atoms with van der Waals surface area (Å²) in [5.74, 6) is 0.727. The number of nitrogens with zero attached hydrogens (tertiary/aromatic N) is 2. The number of aromatic nitrogens is 2. The molecule has 114 valence electrons. The molecular formula is C15H19ClN2O3. The third-order valence-corrected chi connectivity index (χ3v) is 3.64. The Kier molecular flexibility index (Phi) is 5.22. The third-order valence-electron chi connectivity index (χ3n) is 3.35. The summed E-state index contributed by atoms with van der Waals surface area (Å²) in [5, 5.41) is 15.2. The Morgan fingerprint density at radius 1 is 1.38 bits per heavy atom. The highest BCUT2D eigenvalue weighted by molar-refractivity contribution is 6.31. The maximum Gasteiger partial charge on any atom is 0.122 e. The molecule has 2 aromatic rings. The molecule has 21 heavy (non-hydrogen) atoms. The monoisotopic (exact) mass is 310 g/mol. The van der Waals surface area contributed by atoms with Gasteiger partial charge in [-0.1, -0.05) is 23.7 Å². The highest BCUT2D eigenvalue weighted by atomic mass is 35.5. The van der Waals surface area contributed by atoms with Crippen LogP contribution in [-0.4, -0.2) is 35.7 Å². The largest absolute Gasteiger partial charge is 0.496 e. The van der Waals surface area contributed by atoms with Crippen LogP contribution in [0.1, 0.15) is 22.9 Å². The minimum absolute atomic E-state index is 0.429. The highest BCUT2D eigenvalue weighted by Gasteiger charge is 2.20. The average molecular weight is 311 g/mol. The van der Waals surface area contributed by atoms with Crippen molar-refractivity contribution >= 4 is 11.6 Å². The van der Waals surface area contributed by atoms with E-state index in [0.29, 0.717) is 29.4 Å². The lowest BCUT2D eigenvalue weighted by Crippen LogP contribution is -2.13. The summed E-state index contributed by atoms with van der Waals surface area (Å²) in [6.07, 6.45) is 0.660. The summed E-state index contributed by atoms with van der Waals surface area (Å²) >= 11 is 6.16. The molecule has 0 aliphatic rings. The van der Waals surface area contributed by atoms with Gasteiger partial charge in [0.05, 0.1) is 37.2 Å². The molecule has 0 amide bonds. The minimum atomic E-state index is -0.869. The number of ether oxygens (including phenoxy) is 2. The van der Waals surface area contributed by atoms with E-state index in [1.54, 1.807) is 18.9 Å². The van der Waals surface area contributed by atoms with Gasteiger partial charge in [0.2, 0.25) is 0 Å². The zero-order valence-electron chi connectivity index (χ0n) is 12.3. The molecule has 2 rings (SSSR count). The molecule has 1 aromatic carbocycles. The van der Waals surface area contributed by atoms with Crippen LogP contribution in [0.15, 0.2) is 24.4 Å². The zero-order chi connectivity index (χ0) is 15.4. The molecule has 0 bridgehead atoms. The van der Waals surface area contributed by atoms with E-state index >= 15 is 0 Å². The van der Waals surface area contributed by atoms with Crippen LogP contribution in [0.4, 0.5) is 0 Å². The van der Waals surface area contributed by atoms with Gasteiger partial charge in [-0.15, -0.1) is 0 Å². The van der Waals surface area contributed by atoms with E-state index in [1.165, 1.54) is 6.20 Å². The van der Waals surface area contributed by atoms with Gasteiger partial charge in [-0.25, -0.2) is 0 Å². The topological polar surface area (TPSA) is 56.5 Å².